The molecule has 2 heterocycles. The maximum atomic E-state index is 9.23. The second kappa shape index (κ2) is 7.43. The van der Waals surface area contributed by atoms with Crippen molar-refractivity contribution >= 4 is 0 Å². The quantitative estimate of drug-likeness (QED) is 0.713. The minimum Gasteiger partial charge on any atom is -0.396 e. The average molecular weight is 256 g/mol. The SMILES string of the molecule is COCCCN1CCCC(N2CCC(CO)C2)C1. The standard InChI is InChI=1S/C14H28N2O2/c1-18-9-3-7-15-6-2-4-14(11-15)16-8-5-13(10-16)12-17/h13-14,17H,2-12H2,1H3. The molecule has 18 heavy (non-hydrogen) atoms. The van der Waals surface area contributed by atoms with Gasteiger partial charge in [-0.25, -0.2) is 0 Å². The van der Waals surface area contributed by atoms with E-state index in [-0.39, 0.29) is 0 Å². The van der Waals surface area contributed by atoms with Gasteiger partial charge in [0.1, 0.15) is 0 Å². The average Bonchev–Trinajstić information content (AvgIpc) is 2.88. The summed E-state index contributed by atoms with van der Waals surface area (Å²) in [5, 5.41) is 9.23. The lowest BCUT2D eigenvalue weighted by Crippen LogP contribution is -2.47. The van der Waals surface area contributed by atoms with E-state index in [9.17, 15) is 5.11 Å². The van der Waals surface area contributed by atoms with E-state index >= 15 is 0 Å². The van der Waals surface area contributed by atoms with Crippen LogP contribution < -0.4 is 0 Å². The summed E-state index contributed by atoms with van der Waals surface area (Å²) in [5.41, 5.74) is 0. The number of methoxy groups -OCH3 is 1. The van der Waals surface area contributed by atoms with Gasteiger partial charge in [-0.2, -0.15) is 0 Å². The molecule has 2 rings (SSSR count). The van der Waals surface area contributed by atoms with Crippen molar-refractivity contribution < 1.29 is 9.84 Å². The van der Waals surface area contributed by atoms with Gasteiger partial charge in [0.15, 0.2) is 0 Å². The first kappa shape index (κ1) is 14.3. The van der Waals surface area contributed by atoms with E-state index < -0.39 is 0 Å². The van der Waals surface area contributed by atoms with Crippen LogP contribution in [-0.2, 0) is 4.74 Å². The highest BCUT2D eigenvalue weighted by atomic mass is 16.5. The van der Waals surface area contributed by atoms with E-state index in [0.29, 0.717) is 12.5 Å². The maximum Gasteiger partial charge on any atom is 0.0474 e. The fourth-order valence-electron chi connectivity index (χ4n) is 3.31. The van der Waals surface area contributed by atoms with Crippen LogP contribution in [0.25, 0.3) is 0 Å². The van der Waals surface area contributed by atoms with E-state index in [4.69, 9.17) is 4.74 Å². The number of ether oxygens (including phenoxy) is 1. The lowest BCUT2D eigenvalue weighted by Gasteiger charge is -2.37. The van der Waals surface area contributed by atoms with Crippen molar-refractivity contribution in [2.45, 2.75) is 31.7 Å². The van der Waals surface area contributed by atoms with Gasteiger partial charge in [0.25, 0.3) is 0 Å². The van der Waals surface area contributed by atoms with Gasteiger partial charge < -0.3 is 14.7 Å². The molecule has 2 aliphatic heterocycles. The Kier molecular flexibility index (Phi) is 5.89. The number of hydrogen-bond donors (Lipinski definition) is 1. The molecule has 2 unspecified atom stereocenters. The van der Waals surface area contributed by atoms with Crippen LogP contribution in [0.3, 0.4) is 0 Å². The van der Waals surface area contributed by atoms with E-state index in [1.807, 2.05) is 0 Å². The highest BCUT2D eigenvalue weighted by Crippen LogP contribution is 2.23. The van der Waals surface area contributed by atoms with Crippen LogP contribution >= 0.6 is 0 Å². The molecule has 4 heteroatoms. The Morgan fingerprint density at radius 3 is 2.83 bits per heavy atom. The number of piperidine rings is 1. The third kappa shape index (κ3) is 3.92. The fraction of sp³-hybridized carbons (Fsp3) is 1.00. The number of aliphatic hydroxyl groups excluding tert-OH is 1. The second-order valence-electron chi connectivity index (χ2n) is 5.78. The smallest absolute Gasteiger partial charge is 0.0474 e. The monoisotopic (exact) mass is 256 g/mol. The van der Waals surface area contributed by atoms with Gasteiger partial charge >= 0.3 is 0 Å². The highest BCUT2D eigenvalue weighted by Gasteiger charge is 2.30. The Morgan fingerprint density at radius 1 is 1.22 bits per heavy atom. The zero-order valence-corrected chi connectivity index (χ0v) is 11.7. The molecular formula is C14H28N2O2. The van der Waals surface area contributed by atoms with Crippen molar-refractivity contribution in [3.05, 3.63) is 0 Å². The minimum absolute atomic E-state index is 0.362. The molecule has 0 amide bonds. The fourth-order valence-corrected chi connectivity index (χ4v) is 3.31. The van der Waals surface area contributed by atoms with Crippen molar-refractivity contribution in [2.24, 2.45) is 5.92 Å². The van der Waals surface area contributed by atoms with Crippen molar-refractivity contribution in [1.82, 2.24) is 9.80 Å². The van der Waals surface area contributed by atoms with Crippen molar-refractivity contribution in [1.29, 1.82) is 0 Å². The lowest BCUT2D eigenvalue weighted by atomic mass is 10.0. The van der Waals surface area contributed by atoms with E-state index in [1.165, 1.54) is 45.4 Å². The molecule has 4 nitrogen and oxygen atoms in total. The molecule has 1 N–H and O–H groups in total. The summed E-state index contributed by atoms with van der Waals surface area (Å²) in [6.07, 6.45) is 4.97. The Balaban J connectivity index is 1.73. The van der Waals surface area contributed by atoms with Crippen LogP contribution in [0.15, 0.2) is 0 Å². The van der Waals surface area contributed by atoms with Crippen LogP contribution in [-0.4, -0.2) is 74.0 Å². The maximum absolute atomic E-state index is 9.23. The molecule has 106 valence electrons. The number of hydrogen-bond acceptors (Lipinski definition) is 4. The lowest BCUT2D eigenvalue weighted by molar-refractivity contribution is 0.0987. The molecule has 0 bridgehead atoms. The molecule has 0 aromatic rings. The molecule has 2 aliphatic rings. The zero-order valence-electron chi connectivity index (χ0n) is 11.7. The number of aliphatic hydroxyl groups is 1. The van der Waals surface area contributed by atoms with Crippen LogP contribution in [0.2, 0.25) is 0 Å². The molecule has 2 atom stereocenters. The predicted molar refractivity (Wildman–Crippen MR) is 72.7 cm³/mol. The largest absolute Gasteiger partial charge is 0.396 e. The third-order valence-electron chi connectivity index (χ3n) is 4.40. The van der Waals surface area contributed by atoms with Crippen molar-refractivity contribution in [3.8, 4) is 0 Å². The summed E-state index contributed by atoms with van der Waals surface area (Å²) < 4.78 is 5.12. The molecule has 2 fully saturated rings. The molecule has 2 saturated heterocycles. The molecule has 0 aromatic carbocycles. The third-order valence-corrected chi connectivity index (χ3v) is 4.40. The van der Waals surface area contributed by atoms with E-state index in [1.54, 1.807) is 7.11 Å². The van der Waals surface area contributed by atoms with Gasteiger partial charge in [-0.3, -0.25) is 4.90 Å². The normalized spacial score (nSPS) is 31.0. The first-order chi connectivity index (χ1) is 8.83. The zero-order chi connectivity index (χ0) is 12.8. The summed E-state index contributed by atoms with van der Waals surface area (Å²) in [7, 11) is 1.78. The van der Waals surface area contributed by atoms with Gasteiger partial charge in [-0.05, 0) is 44.7 Å². The van der Waals surface area contributed by atoms with Crippen LogP contribution in [0.4, 0.5) is 0 Å². The van der Waals surface area contributed by atoms with Gasteiger partial charge in [0.2, 0.25) is 0 Å². The van der Waals surface area contributed by atoms with Crippen molar-refractivity contribution in [3.63, 3.8) is 0 Å². The van der Waals surface area contributed by atoms with Crippen LogP contribution in [0.1, 0.15) is 25.7 Å². The summed E-state index contributed by atoms with van der Waals surface area (Å²) in [6.45, 7) is 7.15. The van der Waals surface area contributed by atoms with Gasteiger partial charge in [0, 0.05) is 46.0 Å². The molecule has 0 aromatic heterocycles. The molecular weight excluding hydrogens is 228 g/mol. The first-order valence-corrected chi connectivity index (χ1v) is 7.39. The van der Waals surface area contributed by atoms with E-state index in [2.05, 4.69) is 9.80 Å². The molecule has 0 spiro atoms. The summed E-state index contributed by atoms with van der Waals surface area (Å²) in [6, 6.07) is 0.720. The minimum atomic E-state index is 0.362. The van der Waals surface area contributed by atoms with Crippen molar-refractivity contribution in [2.75, 3.05) is 53.0 Å². The summed E-state index contributed by atoms with van der Waals surface area (Å²) in [4.78, 5) is 5.18. The van der Waals surface area contributed by atoms with Gasteiger partial charge in [-0.1, -0.05) is 0 Å². The Bertz CT molecular complexity index is 238. The van der Waals surface area contributed by atoms with Crippen LogP contribution in [0.5, 0.6) is 0 Å². The number of likely N-dealkylation sites (tertiary alicyclic amines) is 2. The Labute approximate surface area is 111 Å². The van der Waals surface area contributed by atoms with Gasteiger partial charge in [-0.15, -0.1) is 0 Å². The number of rotatable bonds is 6. The number of nitrogens with zero attached hydrogens (tertiary/aromatic N) is 2. The van der Waals surface area contributed by atoms with E-state index in [0.717, 1.165) is 25.6 Å². The molecule has 0 saturated carbocycles. The highest BCUT2D eigenvalue weighted by molar-refractivity contribution is 4.85. The summed E-state index contributed by atoms with van der Waals surface area (Å²) in [5.74, 6) is 0.522. The summed E-state index contributed by atoms with van der Waals surface area (Å²) >= 11 is 0. The predicted octanol–water partition coefficient (Wildman–Crippen LogP) is 0.802. The second-order valence-corrected chi connectivity index (χ2v) is 5.78. The molecule has 0 aliphatic carbocycles. The van der Waals surface area contributed by atoms with Crippen LogP contribution in [0, 0.1) is 5.92 Å². The Morgan fingerprint density at radius 2 is 2.11 bits per heavy atom. The molecule has 0 radical (unpaired) electrons. The Hall–Kier alpha value is -0.160. The first-order valence-electron chi connectivity index (χ1n) is 7.39. The topological polar surface area (TPSA) is 35.9 Å². The van der Waals surface area contributed by atoms with Gasteiger partial charge in [0.05, 0.1) is 0 Å².